The van der Waals surface area contributed by atoms with Gasteiger partial charge >= 0.3 is 23.9 Å². The minimum absolute atomic E-state index is 0.196. The zero-order chi connectivity index (χ0) is 52.2. The first-order valence-electron chi connectivity index (χ1n) is 26.8. The van der Waals surface area contributed by atoms with Crippen molar-refractivity contribution >= 4 is 67.8 Å². The van der Waals surface area contributed by atoms with Gasteiger partial charge in [0.15, 0.2) is 0 Å². The molecule has 3 aliphatic carbocycles. The van der Waals surface area contributed by atoms with Crippen LogP contribution in [0.25, 0.3) is 44.0 Å². The van der Waals surface area contributed by atoms with Crippen molar-refractivity contribution in [2.75, 3.05) is 137 Å². The molecule has 12 nitrogen and oxygen atoms in total. The summed E-state index contributed by atoms with van der Waals surface area (Å²) in [5.74, 6) is -3.02. The molecular weight excluding hydrogens is 905 g/mol. The molecule has 3 aliphatic rings. The average molecular weight is 991 g/mol. The Bertz CT molecular complexity index is 2740. The third-order valence-electron chi connectivity index (χ3n) is 14.5. The first-order valence-corrected chi connectivity index (χ1v) is 26.8. The fraction of sp³-hybridized carbons (Fsp3) is 0.567. The van der Waals surface area contributed by atoms with Gasteiger partial charge in [0.1, 0.15) is 0 Å². The molecule has 2 unspecified atom stereocenters. The molecule has 0 amide bonds. The van der Waals surface area contributed by atoms with E-state index in [1.54, 1.807) is 0 Å². The number of allylic oxidation sites excluding steroid dienone is 3. The van der Waals surface area contributed by atoms with Gasteiger partial charge in [0.05, 0.1) is 159 Å². The van der Waals surface area contributed by atoms with Crippen LogP contribution in [0.4, 0.5) is 0 Å². The lowest BCUT2D eigenvalue weighted by Crippen LogP contribution is -2.35. The smallest absolute Gasteiger partial charge is 0.339 e. The molecule has 0 bridgehead atoms. The Balaban J connectivity index is 1.34. The van der Waals surface area contributed by atoms with E-state index in [1.807, 2.05) is 36.4 Å². The molecule has 0 saturated carbocycles. The van der Waals surface area contributed by atoms with Crippen LogP contribution in [0.1, 0.15) is 132 Å². The van der Waals surface area contributed by atoms with Crippen LogP contribution in [0.5, 0.6) is 0 Å². The lowest BCUT2D eigenvalue weighted by atomic mass is 9.65. The van der Waals surface area contributed by atoms with Crippen LogP contribution in [-0.2, 0) is 28.5 Å². The highest BCUT2D eigenvalue weighted by molar-refractivity contribution is 6.36. The lowest BCUT2D eigenvalue weighted by Gasteiger charge is -2.37. The number of carbonyl (C=O) groups excluding carboxylic acids is 4. The number of hydrogen-bond acceptors (Lipinski definition) is 8. The van der Waals surface area contributed by atoms with Crippen LogP contribution >= 0.6 is 0 Å². The highest BCUT2D eigenvalue weighted by Gasteiger charge is 2.44. The van der Waals surface area contributed by atoms with Gasteiger partial charge in [-0.2, -0.15) is 0 Å². The second-order valence-corrected chi connectivity index (χ2v) is 24.8. The summed E-state index contributed by atoms with van der Waals surface area (Å²) in [5, 5.41) is 4.93. The number of benzene rings is 4. The second kappa shape index (κ2) is 22.5. The van der Waals surface area contributed by atoms with E-state index in [0.29, 0.717) is 42.2 Å². The van der Waals surface area contributed by atoms with Gasteiger partial charge in [-0.3, -0.25) is 0 Å². The highest BCUT2D eigenvalue weighted by Crippen LogP contribution is 2.57. The summed E-state index contributed by atoms with van der Waals surface area (Å²) < 4.78 is 28.0. The number of quaternary nitrogens is 4. The monoisotopic (exact) mass is 991 g/mol. The summed E-state index contributed by atoms with van der Waals surface area (Å²) >= 11 is 0. The molecule has 0 fully saturated rings. The number of nitrogens with zero attached hydrogens (tertiary/aromatic N) is 4. The Hall–Kier alpha value is -5.14. The Kier molecular flexibility index (Phi) is 17.1. The molecule has 0 saturated heterocycles. The summed E-state index contributed by atoms with van der Waals surface area (Å²) in [6.45, 7) is 4.96. The third-order valence-corrected chi connectivity index (χ3v) is 14.5. The fourth-order valence-corrected chi connectivity index (χ4v) is 10.9. The molecule has 12 heteroatoms. The zero-order valence-corrected chi connectivity index (χ0v) is 46.0. The standard InChI is InChI=1S/C60H86N4O8/c1-61(2,3)33-17-13-21-37-69-57(65)53-43-29-25-41-27-31-45-51-47(41)49(43)50-44(54(53)58(66)70-38-22-14-18-34-62(4,5)6)30-26-42-28-32-46(52(51)48(42)50)56(60(68)72-40-24-16-20-36-64(10,11)12)55(45)59(67)71-39-23-15-19-35-63(7,8)9/h25-32,41,43H,13-24,33-40H2,1-12H3/q+4. The molecule has 390 valence electrons. The minimum Gasteiger partial charge on any atom is -0.462 e. The molecule has 0 heterocycles. The Morgan fingerprint density at radius 2 is 0.889 bits per heavy atom. The molecule has 7 rings (SSSR count). The molecule has 0 aliphatic heterocycles. The van der Waals surface area contributed by atoms with Crippen molar-refractivity contribution < 1.29 is 56.1 Å². The lowest BCUT2D eigenvalue weighted by molar-refractivity contribution is -0.870. The van der Waals surface area contributed by atoms with Crippen molar-refractivity contribution in [3.8, 4) is 0 Å². The normalized spacial score (nSPS) is 16.4. The molecule has 0 radical (unpaired) electrons. The van der Waals surface area contributed by atoms with Gasteiger partial charge in [-0.25, -0.2) is 19.2 Å². The summed E-state index contributed by atoms with van der Waals surface area (Å²) in [4.78, 5) is 59.2. The van der Waals surface area contributed by atoms with E-state index in [9.17, 15) is 19.2 Å². The topological polar surface area (TPSA) is 105 Å². The summed E-state index contributed by atoms with van der Waals surface area (Å²) in [6, 6.07) is 7.87. The maximum absolute atomic E-state index is 14.8. The largest absolute Gasteiger partial charge is 0.462 e. The van der Waals surface area contributed by atoms with Gasteiger partial charge in [-0.15, -0.1) is 0 Å². The van der Waals surface area contributed by atoms with Crippen molar-refractivity contribution in [1.29, 1.82) is 0 Å². The average Bonchev–Trinajstić information content (AvgIpc) is 3.29. The van der Waals surface area contributed by atoms with Crippen LogP contribution in [0.3, 0.4) is 0 Å². The maximum atomic E-state index is 14.8. The fourth-order valence-electron chi connectivity index (χ4n) is 10.9. The SMILES string of the molecule is C[N+](C)(C)CCCCCOC(=O)C1=C(C(=O)OCCCCC[N+](C)(C)C)C2C=CC3C=Cc4c(C(=O)OCCCCC[N+](C)(C)C)c(C(=O)OCCCCC[N+](C)(C)C)c5ccc6ccc1c1c2c3c4c5c61. The number of esters is 4. The first-order chi connectivity index (χ1) is 34.0. The van der Waals surface area contributed by atoms with E-state index in [0.717, 1.165) is 134 Å². The Morgan fingerprint density at radius 1 is 0.431 bits per heavy atom. The van der Waals surface area contributed by atoms with Crippen LogP contribution in [0.2, 0.25) is 0 Å². The molecule has 0 spiro atoms. The molecule has 72 heavy (non-hydrogen) atoms. The van der Waals surface area contributed by atoms with E-state index < -0.39 is 29.8 Å². The van der Waals surface area contributed by atoms with Gasteiger partial charge in [0.2, 0.25) is 0 Å². The van der Waals surface area contributed by atoms with Crippen molar-refractivity contribution in [2.24, 2.45) is 0 Å². The van der Waals surface area contributed by atoms with Crippen molar-refractivity contribution in [3.05, 3.63) is 81.4 Å². The summed E-state index contributed by atoms with van der Waals surface area (Å²) in [6.07, 6.45) is 18.6. The van der Waals surface area contributed by atoms with E-state index in [4.69, 9.17) is 18.9 Å². The van der Waals surface area contributed by atoms with Crippen molar-refractivity contribution in [2.45, 2.75) is 88.9 Å². The molecule has 0 N–H and O–H groups in total. The van der Waals surface area contributed by atoms with Crippen molar-refractivity contribution in [3.63, 3.8) is 0 Å². The molecule has 4 aromatic rings. The molecule has 2 atom stereocenters. The molecular formula is C60H86N4O8+4. The van der Waals surface area contributed by atoms with E-state index >= 15 is 0 Å². The predicted molar refractivity (Wildman–Crippen MR) is 290 cm³/mol. The second-order valence-electron chi connectivity index (χ2n) is 24.8. The summed E-state index contributed by atoms with van der Waals surface area (Å²) in [7, 11) is 26.1. The summed E-state index contributed by atoms with van der Waals surface area (Å²) in [5.41, 5.74) is 4.00. The Morgan fingerprint density at radius 3 is 1.39 bits per heavy atom. The highest BCUT2D eigenvalue weighted by atomic mass is 16.5. The molecule has 0 aromatic heterocycles. The van der Waals surface area contributed by atoms with Crippen LogP contribution < -0.4 is 0 Å². The van der Waals surface area contributed by atoms with E-state index in [2.05, 4.69) is 96.7 Å². The van der Waals surface area contributed by atoms with Gasteiger partial charge in [-0.1, -0.05) is 48.6 Å². The van der Waals surface area contributed by atoms with Gasteiger partial charge < -0.3 is 36.9 Å². The Labute approximate surface area is 429 Å². The number of rotatable bonds is 28. The molecule has 4 aromatic carbocycles. The number of unbranched alkanes of at least 4 members (excludes halogenated alkanes) is 8. The maximum Gasteiger partial charge on any atom is 0.339 e. The first kappa shape index (κ1) is 54.6. The van der Waals surface area contributed by atoms with Crippen LogP contribution in [0, 0.1) is 0 Å². The minimum atomic E-state index is -0.626. The number of carbonyl (C=O) groups is 4. The quantitative estimate of drug-likeness (QED) is 0.0138. The number of hydrogen-bond donors (Lipinski definition) is 0. The van der Waals surface area contributed by atoms with Gasteiger partial charge in [-0.05, 0) is 132 Å². The van der Waals surface area contributed by atoms with Gasteiger partial charge in [0, 0.05) is 11.8 Å². The predicted octanol–water partition coefficient (Wildman–Crippen LogP) is 10.0. The van der Waals surface area contributed by atoms with Gasteiger partial charge in [0.25, 0.3) is 0 Å². The van der Waals surface area contributed by atoms with Crippen LogP contribution in [-0.4, -0.2) is 179 Å². The zero-order valence-electron chi connectivity index (χ0n) is 46.0. The van der Waals surface area contributed by atoms with Crippen LogP contribution in [0.15, 0.2) is 48.1 Å². The third kappa shape index (κ3) is 13.0. The van der Waals surface area contributed by atoms with Crippen molar-refractivity contribution in [1.82, 2.24) is 0 Å². The van der Waals surface area contributed by atoms with E-state index in [-0.39, 0.29) is 54.6 Å². The van der Waals surface area contributed by atoms with E-state index in [1.165, 1.54) is 0 Å². The number of ether oxygens (including phenoxy) is 4.